The lowest BCUT2D eigenvalue weighted by atomic mass is 10.2. The van der Waals surface area contributed by atoms with Crippen molar-refractivity contribution >= 4 is 41.5 Å². The van der Waals surface area contributed by atoms with Crippen LogP contribution in [0.3, 0.4) is 0 Å². The topological polar surface area (TPSA) is 141 Å². The maximum absolute atomic E-state index is 13.2. The number of nitrogens with zero attached hydrogens (tertiary/aromatic N) is 3. The molecule has 1 saturated heterocycles. The summed E-state index contributed by atoms with van der Waals surface area (Å²) < 4.78 is 37.5. The maximum Gasteiger partial charge on any atom is 0.410 e. The van der Waals surface area contributed by atoms with Crippen LogP contribution in [-0.2, 0) is 32.3 Å². The van der Waals surface area contributed by atoms with Gasteiger partial charge in [-0.3, -0.25) is 15.0 Å². The molecule has 14 heteroatoms. The molecule has 2 heterocycles. The highest BCUT2D eigenvalue weighted by Gasteiger charge is 2.45. The van der Waals surface area contributed by atoms with Crippen LogP contribution in [-0.4, -0.2) is 56.5 Å². The molecule has 0 bridgehead atoms. The number of amides is 1. The molecule has 2 atom stereocenters. The molecule has 0 radical (unpaired) electrons. The Hall–Kier alpha value is -2.39. The van der Waals surface area contributed by atoms with Gasteiger partial charge in [-0.05, 0) is 35.8 Å². The van der Waals surface area contributed by atoms with Gasteiger partial charge in [-0.2, -0.15) is 0 Å². The van der Waals surface area contributed by atoms with Gasteiger partial charge in [0.2, 0.25) is 10.0 Å². The molecule has 1 aliphatic rings. The number of nitro benzene ring substituents is 1. The molecule has 1 fully saturated rings. The van der Waals surface area contributed by atoms with Crippen LogP contribution in [0.5, 0.6) is 0 Å². The van der Waals surface area contributed by atoms with E-state index in [9.17, 15) is 23.3 Å². The first-order chi connectivity index (χ1) is 17.1. The predicted octanol–water partition coefficient (Wildman–Crippen LogP) is 4.57. The normalized spacial score (nSPS) is 18.7. The Morgan fingerprint density at radius 2 is 1.95 bits per heavy atom. The largest absolute Gasteiger partial charge is 0.445 e. The standard InChI is InChI=1S/C23H34N4O7S2Si/c1-23(2,3)37(5,6)34-19-11-20(21-25-17(15-35-21)12-24-36(4,31)32)26(13-19)22(28)33-14-16-7-9-18(10-8-16)27(29)30/h7-10,15,19-20,24H,11-14H2,1-6H3/t19-,20+/m1/s1. The van der Waals surface area contributed by atoms with Crippen LogP contribution in [0.2, 0.25) is 18.1 Å². The number of benzene rings is 1. The molecule has 1 N–H and O–H groups in total. The zero-order valence-electron chi connectivity index (χ0n) is 21.9. The highest BCUT2D eigenvalue weighted by molar-refractivity contribution is 7.88. The smallest absolute Gasteiger partial charge is 0.410 e. The second-order valence-corrected chi connectivity index (χ2v) is 18.1. The molecule has 0 aliphatic carbocycles. The minimum Gasteiger partial charge on any atom is -0.445 e. The van der Waals surface area contributed by atoms with Crippen molar-refractivity contribution in [3.05, 3.63) is 56.0 Å². The quantitative estimate of drug-likeness (QED) is 0.262. The first-order valence-corrected chi connectivity index (χ1v) is 17.5. The van der Waals surface area contributed by atoms with Crippen LogP contribution in [0, 0.1) is 10.1 Å². The molecule has 2 aromatic rings. The van der Waals surface area contributed by atoms with Gasteiger partial charge in [-0.15, -0.1) is 11.3 Å². The van der Waals surface area contributed by atoms with E-state index >= 15 is 0 Å². The van der Waals surface area contributed by atoms with Crippen LogP contribution >= 0.6 is 11.3 Å². The Balaban J connectivity index is 1.76. The molecule has 0 spiro atoms. The van der Waals surface area contributed by atoms with Crippen molar-refractivity contribution in [2.45, 2.75) is 70.6 Å². The summed E-state index contributed by atoms with van der Waals surface area (Å²) in [6, 6.07) is 5.46. The fraction of sp³-hybridized carbons (Fsp3) is 0.565. The summed E-state index contributed by atoms with van der Waals surface area (Å²) in [5.74, 6) is 0. The van der Waals surface area contributed by atoms with Crippen LogP contribution in [0.1, 0.15) is 49.5 Å². The fourth-order valence-corrected chi connectivity index (χ4v) is 6.33. The van der Waals surface area contributed by atoms with Gasteiger partial charge >= 0.3 is 6.09 Å². The highest BCUT2D eigenvalue weighted by Crippen LogP contribution is 2.42. The molecule has 1 aromatic heterocycles. The summed E-state index contributed by atoms with van der Waals surface area (Å²) in [5.41, 5.74) is 1.16. The summed E-state index contributed by atoms with van der Waals surface area (Å²) in [5, 5.41) is 13.3. The summed E-state index contributed by atoms with van der Waals surface area (Å²) in [7, 11) is -5.47. The Bertz CT molecular complexity index is 1230. The van der Waals surface area contributed by atoms with Gasteiger partial charge in [0.25, 0.3) is 5.69 Å². The molecule has 0 unspecified atom stereocenters. The second kappa shape index (κ2) is 11.2. The number of nitrogens with one attached hydrogen (secondary N) is 1. The third-order valence-electron chi connectivity index (χ3n) is 6.64. The maximum atomic E-state index is 13.2. The van der Waals surface area contributed by atoms with Gasteiger partial charge in [0.05, 0.1) is 35.6 Å². The Morgan fingerprint density at radius 3 is 2.51 bits per heavy atom. The third-order valence-corrected chi connectivity index (χ3v) is 12.8. The number of aromatic nitrogens is 1. The highest BCUT2D eigenvalue weighted by atomic mass is 32.2. The minimum atomic E-state index is -3.36. The van der Waals surface area contributed by atoms with E-state index in [0.29, 0.717) is 29.2 Å². The first kappa shape index (κ1) is 29.2. The van der Waals surface area contributed by atoms with Crippen molar-refractivity contribution in [3.63, 3.8) is 0 Å². The average Bonchev–Trinajstić information content (AvgIpc) is 3.42. The molecule has 0 saturated carbocycles. The van der Waals surface area contributed by atoms with Crippen molar-refractivity contribution in [1.82, 2.24) is 14.6 Å². The van der Waals surface area contributed by atoms with Crippen LogP contribution in [0.25, 0.3) is 0 Å². The van der Waals surface area contributed by atoms with Crippen molar-refractivity contribution in [2.24, 2.45) is 0 Å². The number of non-ortho nitro benzene ring substituents is 1. The summed E-state index contributed by atoms with van der Waals surface area (Å²) in [6.07, 6.45) is 0.906. The summed E-state index contributed by atoms with van der Waals surface area (Å²) >= 11 is 1.36. The van der Waals surface area contributed by atoms with Gasteiger partial charge in [-0.25, -0.2) is 22.9 Å². The van der Waals surface area contributed by atoms with Crippen molar-refractivity contribution in [1.29, 1.82) is 0 Å². The minimum absolute atomic E-state index is 0.00197. The Morgan fingerprint density at radius 1 is 1.30 bits per heavy atom. The number of ether oxygens (including phenoxy) is 1. The van der Waals surface area contributed by atoms with Crippen LogP contribution in [0.4, 0.5) is 10.5 Å². The second-order valence-electron chi connectivity index (χ2n) is 10.7. The van der Waals surface area contributed by atoms with Crippen molar-refractivity contribution in [3.8, 4) is 0 Å². The Kier molecular flexibility index (Phi) is 8.79. The monoisotopic (exact) mass is 570 g/mol. The molecular formula is C23H34N4O7S2Si. The van der Waals surface area contributed by atoms with E-state index < -0.39 is 29.4 Å². The zero-order valence-corrected chi connectivity index (χ0v) is 24.5. The molecule has 1 aliphatic heterocycles. The average molecular weight is 571 g/mol. The van der Waals surface area contributed by atoms with Crippen LogP contribution in [0.15, 0.2) is 29.6 Å². The van der Waals surface area contributed by atoms with Gasteiger partial charge < -0.3 is 9.16 Å². The number of carbonyl (C=O) groups is 1. The van der Waals surface area contributed by atoms with Gasteiger partial charge in [0.15, 0.2) is 8.32 Å². The number of thiazole rings is 1. The first-order valence-electron chi connectivity index (χ1n) is 11.8. The lowest BCUT2D eigenvalue weighted by Gasteiger charge is -2.38. The van der Waals surface area contributed by atoms with E-state index in [2.05, 4.69) is 43.6 Å². The molecule has 3 rings (SSSR count). The van der Waals surface area contributed by atoms with E-state index in [1.807, 2.05) is 0 Å². The molecule has 1 aromatic carbocycles. The SMILES string of the molecule is CC(C)(C)[Si](C)(C)O[C@@H]1C[C@@H](c2nc(CNS(C)(=O)=O)cs2)N(C(=O)OCc2ccc([N+](=O)[O-])cc2)C1. The number of carbonyl (C=O) groups excluding carboxylic acids is 1. The van der Waals surface area contributed by atoms with Gasteiger partial charge in [0.1, 0.15) is 11.6 Å². The number of sulfonamides is 1. The zero-order chi connectivity index (χ0) is 27.6. The molecule has 11 nitrogen and oxygen atoms in total. The number of nitro groups is 1. The lowest BCUT2D eigenvalue weighted by Crippen LogP contribution is -2.44. The fourth-order valence-electron chi connectivity index (χ4n) is 3.62. The number of hydrogen-bond donors (Lipinski definition) is 1. The van der Waals surface area contributed by atoms with Gasteiger partial charge in [0, 0.05) is 30.5 Å². The third kappa shape index (κ3) is 7.80. The van der Waals surface area contributed by atoms with Gasteiger partial charge in [-0.1, -0.05) is 20.8 Å². The van der Waals surface area contributed by atoms with E-state index in [1.165, 1.54) is 23.5 Å². The number of hydrogen-bond acceptors (Lipinski definition) is 9. The molecule has 37 heavy (non-hydrogen) atoms. The molecular weight excluding hydrogens is 536 g/mol. The lowest BCUT2D eigenvalue weighted by molar-refractivity contribution is -0.384. The van der Waals surface area contributed by atoms with Crippen molar-refractivity contribution < 1.29 is 27.3 Å². The van der Waals surface area contributed by atoms with E-state index in [1.54, 1.807) is 22.4 Å². The number of likely N-dealkylation sites (tertiary alicyclic amines) is 1. The summed E-state index contributed by atoms with van der Waals surface area (Å²) in [6.45, 7) is 11.2. The molecule has 1 amide bonds. The molecule has 204 valence electrons. The summed E-state index contributed by atoms with van der Waals surface area (Å²) in [4.78, 5) is 29.8. The van der Waals surface area contributed by atoms with E-state index in [4.69, 9.17) is 9.16 Å². The van der Waals surface area contributed by atoms with E-state index in [-0.39, 0.29) is 36.0 Å². The number of rotatable bonds is 9. The van der Waals surface area contributed by atoms with Crippen LogP contribution < -0.4 is 4.72 Å². The predicted molar refractivity (Wildman–Crippen MR) is 143 cm³/mol. The van der Waals surface area contributed by atoms with E-state index in [0.717, 1.165) is 6.26 Å². The van der Waals surface area contributed by atoms with Crippen molar-refractivity contribution in [2.75, 3.05) is 12.8 Å². The Labute approximate surface area is 222 Å².